The van der Waals surface area contributed by atoms with Crippen molar-refractivity contribution in [3.8, 4) is 17.2 Å². The average Bonchev–Trinajstić information content (AvgIpc) is 2.79. The third-order valence-electron chi connectivity index (χ3n) is 4.82. The molecule has 5 atom stereocenters. The van der Waals surface area contributed by atoms with Crippen LogP contribution < -0.4 is 0 Å². The summed E-state index contributed by atoms with van der Waals surface area (Å²) >= 11 is 0. The number of phenols is 3. The number of rotatable bonds is 7. The lowest BCUT2D eigenvalue weighted by molar-refractivity contribution is -0.298. The molecule has 1 aliphatic heterocycles. The normalized spacial score (nSPS) is 25.7. The number of hydrogen-bond acceptors (Lipinski definition) is 10. The van der Waals surface area contributed by atoms with Gasteiger partial charge in [0.2, 0.25) is 0 Å². The number of phenolic OH excluding ortho intramolecular Hbond substituents is 3. The average molecular weight is 448 g/mol. The van der Waals surface area contributed by atoms with Crippen LogP contribution in [0.15, 0.2) is 48.5 Å². The minimum absolute atomic E-state index is 0.0397. The van der Waals surface area contributed by atoms with Gasteiger partial charge in [-0.05, 0) is 17.7 Å². The van der Waals surface area contributed by atoms with E-state index < -0.39 is 60.5 Å². The van der Waals surface area contributed by atoms with E-state index in [1.54, 1.807) is 12.2 Å². The Labute approximate surface area is 183 Å². The molecule has 2 aromatic carbocycles. The van der Waals surface area contributed by atoms with Gasteiger partial charge in [0, 0.05) is 0 Å². The van der Waals surface area contributed by atoms with E-state index in [-0.39, 0.29) is 12.2 Å². The monoisotopic (exact) mass is 448 g/mol. The lowest BCUT2D eigenvalue weighted by atomic mass is 9.99. The van der Waals surface area contributed by atoms with E-state index in [2.05, 4.69) is 0 Å². The van der Waals surface area contributed by atoms with Crippen molar-refractivity contribution in [2.24, 2.45) is 0 Å². The standard InChI is InChI=1S/C22H24O10/c23-14-9-13(10-15(24)17(14)25)21(29)31-11-16-18(26)19(27)20(28)22(32-16)30-8-4-7-12-5-2-1-3-6-12/h1-7,9-10,16,18-20,22-28H,8,11H2/b7-4+/t16-,18-,19+,20-,22-/m0/s1. The van der Waals surface area contributed by atoms with Crippen molar-refractivity contribution in [2.45, 2.75) is 30.7 Å². The highest BCUT2D eigenvalue weighted by atomic mass is 16.7. The molecule has 2 aromatic rings. The van der Waals surface area contributed by atoms with Gasteiger partial charge in [-0.1, -0.05) is 42.5 Å². The van der Waals surface area contributed by atoms with Crippen LogP contribution in [0.2, 0.25) is 0 Å². The van der Waals surface area contributed by atoms with Crippen molar-refractivity contribution in [2.75, 3.05) is 13.2 Å². The number of carbonyl (C=O) groups excluding carboxylic acids is 1. The molecule has 0 amide bonds. The maximum atomic E-state index is 12.2. The molecule has 10 nitrogen and oxygen atoms in total. The molecule has 3 rings (SSSR count). The van der Waals surface area contributed by atoms with E-state index in [1.807, 2.05) is 30.3 Å². The summed E-state index contributed by atoms with van der Waals surface area (Å²) in [5.74, 6) is -3.22. The number of hydrogen-bond donors (Lipinski definition) is 6. The highest BCUT2D eigenvalue weighted by molar-refractivity contribution is 5.91. The molecule has 0 bridgehead atoms. The molecule has 172 valence electrons. The van der Waals surface area contributed by atoms with E-state index in [0.717, 1.165) is 17.7 Å². The van der Waals surface area contributed by atoms with Gasteiger partial charge in [-0.2, -0.15) is 0 Å². The van der Waals surface area contributed by atoms with Crippen molar-refractivity contribution >= 4 is 12.0 Å². The summed E-state index contributed by atoms with van der Waals surface area (Å²) in [5.41, 5.74) is 0.676. The Bertz CT molecular complexity index is 922. The van der Waals surface area contributed by atoms with E-state index in [9.17, 15) is 35.4 Å². The molecule has 6 N–H and O–H groups in total. The summed E-state index contributed by atoms with van der Waals surface area (Å²) in [4.78, 5) is 12.2. The number of carbonyl (C=O) groups is 1. The van der Waals surface area contributed by atoms with Crippen molar-refractivity contribution in [1.29, 1.82) is 0 Å². The number of benzene rings is 2. The van der Waals surface area contributed by atoms with Gasteiger partial charge in [0.05, 0.1) is 12.2 Å². The van der Waals surface area contributed by atoms with Crippen LogP contribution in [0.5, 0.6) is 17.2 Å². The van der Waals surface area contributed by atoms with Crippen LogP contribution in [-0.4, -0.2) is 80.5 Å². The van der Waals surface area contributed by atoms with Gasteiger partial charge in [-0.15, -0.1) is 0 Å². The zero-order chi connectivity index (χ0) is 23.3. The SMILES string of the molecule is O=C(OC[C@@H]1O[C@H](OC/C=C/c2ccccc2)[C@@H](O)[C@H](O)[C@H]1O)c1cc(O)c(O)c(O)c1. The zero-order valence-corrected chi connectivity index (χ0v) is 16.8. The second-order valence-corrected chi connectivity index (χ2v) is 7.12. The molecule has 1 heterocycles. The largest absolute Gasteiger partial charge is 0.504 e. The molecule has 32 heavy (non-hydrogen) atoms. The smallest absolute Gasteiger partial charge is 0.338 e. The van der Waals surface area contributed by atoms with Crippen LogP contribution in [0.1, 0.15) is 15.9 Å². The number of ether oxygens (including phenoxy) is 3. The van der Waals surface area contributed by atoms with Crippen LogP contribution in [0.25, 0.3) is 6.08 Å². The predicted octanol–water partition coefficient (Wildman–Crippen LogP) is 0.498. The maximum Gasteiger partial charge on any atom is 0.338 e. The van der Waals surface area contributed by atoms with Crippen molar-refractivity contribution < 1.29 is 49.6 Å². The summed E-state index contributed by atoms with van der Waals surface area (Å²) in [5, 5.41) is 58.7. The fourth-order valence-corrected chi connectivity index (χ4v) is 3.05. The molecule has 0 unspecified atom stereocenters. The fourth-order valence-electron chi connectivity index (χ4n) is 3.05. The molecule has 1 aliphatic rings. The molecule has 0 aliphatic carbocycles. The number of aliphatic hydroxyl groups is 3. The second-order valence-electron chi connectivity index (χ2n) is 7.12. The topological polar surface area (TPSA) is 166 Å². The summed E-state index contributed by atoms with van der Waals surface area (Å²) in [6, 6.07) is 11.2. The Morgan fingerprint density at radius 3 is 2.28 bits per heavy atom. The molecule has 10 heteroatoms. The van der Waals surface area contributed by atoms with Crippen LogP contribution in [0.3, 0.4) is 0 Å². The summed E-state index contributed by atoms with van der Waals surface area (Å²) in [6.45, 7) is -0.482. The van der Waals surface area contributed by atoms with E-state index in [1.165, 1.54) is 0 Å². The first-order chi connectivity index (χ1) is 15.3. The van der Waals surface area contributed by atoms with Crippen LogP contribution in [-0.2, 0) is 14.2 Å². The highest BCUT2D eigenvalue weighted by Crippen LogP contribution is 2.35. The Hall–Kier alpha value is -3.15. The van der Waals surface area contributed by atoms with Crippen LogP contribution in [0, 0.1) is 0 Å². The van der Waals surface area contributed by atoms with Crippen LogP contribution in [0.4, 0.5) is 0 Å². The Morgan fingerprint density at radius 1 is 0.969 bits per heavy atom. The van der Waals surface area contributed by atoms with Gasteiger partial charge in [0.25, 0.3) is 0 Å². The number of esters is 1. The Kier molecular flexibility index (Phi) is 7.67. The highest BCUT2D eigenvalue weighted by Gasteiger charge is 2.44. The van der Waals surface area contributed by atoms with E-state index in [4.69, 9.17) is 14.2 Å². The van der Waals surface area contributed by atoms with E-state index >= 15 is 0 Å². The van der Waals surface area contributed by atoms with Gasteiger partial charge in [-0.3, -0.25) is 0 Å². The zero-order valence-electron chi connectivity index (χ0n) is 16.8. The second kappa shape index (κ2) is 10.4. The fraction of sp³-hybridized carbons (Fsp3) is 0.318. The first-order valence-corrected chi connectivity index (χ1v) is 9.73. The maximum absolute atomic E-state index is 12.2. The molecular formula is C22H24O10. The molecular weight excluding hydrogens is 424 g/mol. The molecule has 0 spiro atoms. The van der Waals surface area contributed by atoms with Gasteiger partial charge in [0.15, 0.2) is 23.5 Å². The third-order valence-corrected chi connectivity index (χ3v) is 4.82. The first kappa shape index (κ1) is 23.5. The summed E-state index contributed by atoms with van der Waals surface area (Å²) in [7, 11) is 0. The first-order valence-electron chi connectivity index (χ1n) is 9.73. The van der Waals surface area contributed by atoms with Crippen molar-refractivity contribution in [1.82, 2.24) is 0 Å². The van der Waals surface area contributed by atoms with Gasteiger partial charge < -0.3 is 44.8 Å². The molecule has 1 fully saturated rings. The molecule has 0 radical (unpaired) electrons. The van der Waals surface area contributed by atoms with Crippen molar-refractivity contribution in [3.63, 3.8) is 0 Å². The Balaban J connectivity index is 1.57. The number of aromatic hydroxyl groups is 3. The number of aliphatic hydroxyl groups excluding tert-OH is 3. The van der Waals surface area contributed by atoms with Gasteiger partial charge in [-0.25, -0.2) is 4.79 Å². The molecule has 1 saturated heterocycles. The third kappa shape index (κ3) is 5.55. The minimum Gasteiger partial charge on any atom is -0.504 e. The molecule has 0 aromatic heterocycles. The Morgan fingerprint density at radius 2 is 1.62 bits per heavy atom. The lowest BCUT2D eigenvalue weighted by Crippen LogP contribution is -2.59. The minimum atomic E-state index is -1.61. The van der Waals surface area contributed by atoms with Gasteiger partial charge >= 0.3 is 5.97 Å². The van der Waals surface area contributed by atoms with E-state index in [0.29, 0.717) is 0 Å². The van der Waals surface area contributed by atoms with Crippen LogP contribution >= 0.6 is 0 Å². The lowest BCUT2D eigenvalue weighted by Gasteiger charge is -2.39. The van der Waals surface area contributed by atoms with Crippen molar-refractivity contribution in [3.05, 3.63) is 59.7 Å². The van der Waals surface area contributed by atoms with Gasteiger partial charge in [0.1, 0.15) is 31.0 Å². The quantitative estimate of drug-likeness (QED) is 0.259. The predicted molar refractivity (Wildman–Crippen MR) is 110 cm³/mol. The summed E-state index contributed by atoms with van der Waals surface area (Å²) < 4.78 is 15.9. The molecule has 0 saturated carbocycles. The summed E-state index contributed by atoms with van der Waals surface area (Å²) in [6.07, 6.45) is -3.76.